The van der Waals surface area contributed by atoms with Gasteiger partial charge in [0, 0.05) is 37.6 Å². The first-order chi connectivity index (χ1) is 10.8. The van der Waals surface area contributed by atoms with Gasteiger partial charge in [0.25, 0.3) is 0 Å². The van der Waals surface area contributed by atoms with Gasteiger partial charge in [-0.1, -0.05) is 0 Å². The molecular weight excluding hydrogens is 280 g/mol. The van der Waals surface area contributed by atoms with E-state index in [1.54, 1.807) is 25.7 Å². The van der Waals surface area contributed by atoms with Crippen molar-refractivity contribution in [2.75, 3.05) is 26.8 Å². The Morgan fingerprint density at radius 3 is 3.27 bits per heavy atom. The van der Waals surface area contributed by atoms with Crippen LogP contribution in [-0.2, 0) is 4.74 Å². The fraction of sp³-hybridized carbons (Fsp3) is 0.562. The Bertz CT molecular complexity index is 680. The molecule has 0 N–H and O–H groups in total. The van der Waals surface area contributed by atoms with Crippen LogP contribution in [0.3, 0.4) is 0 Å². The topological polar surface area (TPSA) is 60.4 Å². The first-order valence-corrected chi connectivity index (χ1v) is 7.76. The van der Waals surface area contributed by atoms with E-state index in [2.05, 4.69) is 19.9 Å². The van der Waals surface area contributed by atoms with Crippen molar-refractivity contribution >= 4 is 10.9 Å². The van der Waals surface area contributed by atoms with E-state index >= 15 is 0 Å². The molecule has 0 aliphatic carbocycles. The second-order valence-corrected chi connectivity index (χ2v) is 6.21. The molecule has 2 atom stereocenters. The van der Waals surface area contributed by atoms with Crippen LogP contribution in [0.25, 0.3) is 10.9 Å². The summed E-state index contributed by atoms with van der Waals surface area (Å²) < 4.78 is 11.5. The summed E-state index contributed by atoms with van der Waals surface area (Å²) in [7, 11) is 1.79. The number of aromatic nitrogens is 3. The zero-order chi connectivity index (χ0) is 15.0. The molecule has 2 fully saturated rings. The summed E-state index contributed by atoms with van der Waals surface area (Å²) in [5.41, 5.74) is 0.957. The largest absolute Gasteiger partial charge is 0.461 e. The van der Waals surface area contributed by atoms with Gasteiger partial charge in [0.1, 0.15) is 6.61 Å². The maximum Gasteiger partial charge on any atom is 0.316 e. The molecule has 2 aliphatic rings. The van der Waals surface area contributed by atoms with Gasteiger partial charge in [0.05, 0.1) is 17.2 Å². The monoisotopic (exact) mass is 300 g/mol. The summed E-state index contributed by atoms with van der Waals surface area (Å²) in [6.45, 7) is 2.76. The maximum absolute atomic E-state index is 5.96. The minimum absolute atomic E-state index is 0.0945. The molecule has 6 nitrogen and oxygen atoms in total. The summed E-state index contributed by atoms with van der Waals surface area (Å²) in [5, 5.41) is 0.927. The lowest BCUT2D eigenvalue weighted by atomic mass is 9.94. The quantitative estimate of drug-likeness (QED) is 0.856. The molecule has 6 heteroatoms. The predicted octanol–water partition coefficient (Wildman–Crippen LogP) is 1.66. The number of pyridine rings is 1. The molecule has 0 spiro atoms. The van der Waals surface area contributed by atoms with Crippen LogP contribution in [0.4, 0.5) is 0 Å². The zero-order valence-corrected chi connectivity index (χ0v) is 12.7. The Morgan fingerprint density at radius 1 is 1.41 bits per heavy atom. The van der Waals surface area contributed by atoms with Crippen LogP contribution in [0.2, 0.25) is 0 Å². The lowest BCUT2D eigenvalue weighted by Gasteiger charge is -2.30. The van der Waals surface area contributed by atoms with Gasteiger partial charge in [0.2, 0.25) is 0 Å². The molecule has 4 rings (SSSR count). The van der Waals surface area contributed by atoms with Crippen molar-refractivity contribution in [1.82, 2.24) is 19.9 Å². The van der Waals surface area contributed by atoms with Crippen molar-refractivity contribution in [1.29, 1.82) is 0 Å². The second kappa shape index (κ2) is 5.44. The van der Waals surface area contributed by atoms with Gasteiger partial charge in [-0.3, -0.25) is 9.88 Å². The molecule has 2 aliphatic heterocycles. The third-order valence-corrected chi connectivity index (χ3v) is 4.93. The smallest absolute Gasteiger partial charge is 0.316 e. The fourth-order valence-electron chi connectivity index (χ4n) is 3.75. The number of nitrogens with zero attached hydrogens (tertiary/aromatic N) is 4. The molecule has 2 unspecified atom stereocenters. The lowest BCUT2D eigenvalue weighted by molar-refractivity contribution is 0.0997. The molecule has 22 heavy (non-hydrogen) atoms. The van der Waals surface area contributed by atoms with Crippen molar-refractivity contribution < 1.29 is 9.47 Å². The number of methoxy groups -OCH3 is 1. The van der Waals surface area contributed by atoms with Crippen LogP contribution in [-0.4, -0.2) is 58.3 Å². The molecule has 0 aromatic carbocycles. The van der Waals surface area contributed by atoms with Crippen molar-refractivity contribution in [2.24, 2.45) is 0 Å². The summed E-state index contributed by atoms with van der Waals surface area (Å²) in [5.74, 6) is 0. The number of hydrogen-bond acceptors (Lipinski definition) is 6. The van der Waals surface area contributed by atoms with Crippen LogP contribution in [0.1, 0.15) is 19.3 Å². The van der Waals surface area contributed by atoms with Gasteiger partial charge in [-0.05, 0) is 31.9 Å². The summed E-state index contributed by atoms with van der Waals surface area (Å²) >= 11 is 0. The minimum atomic E-state index is 0.0945. The lowest BCUT2D eigenvalue weighted by Crippen LogP contribution is -2.43. The highest BCUT2D eigenvalue weighted by atomic mass is 16.5. The van der Waals surface area contributed by atoms with Crippen molar-refractivity contribution in [3.8, 4) is 6.01 Å². The highest BCUT2D eigenvalue weighted by Crippen LogP contribution is 2.40. The molecule has 0 radical (unpaired) electrons. The number of hydrogen-bond donors (Lipinski definition) is 0. The van der Waals surface area contributed by atoms with E-state index in [4.69, 9.17) is 9.47 Å². The van der Waals surface area contributed by atoms with Crippen molar-refractivity contribution in [3.05, 3.63) is 24.7 Å². The highest BCUT2D eigenvalue weighted by Gasteiger charge is 2.49. The van der Waals surface area contributed by atoms with Crippen LogP contribution < -0.4 is 4.74 Å². The Balaban J connectivity index is 1.51. The summed E-state index contributed by atoms with van der Waals surface area (Å²) in [6.07, 6.45) is 8.98. The maximum atomic E-state index is 5.96. The average Bonchev–Trinajstić information content (AvgIpc) is 3.09. The highest BCUT2D eigenvalue weighted by molar-refractivity contribution is 5.76. The standard InChI is InChI=1S/C16H20N4O2/c1-21-13-7-16(4-2-6-20(16)10-13)11-22-15-18-9-12-8-17-5-3-14(12)19-15/h3,5,8-9,13H,2,4,6-7,10-11H2,1H3. The SMILES string of the molecule is COC1CN2CCCC2(COc2ncc3cnccc3n2)C1. The van der Waals surface area contributed by atoms with Crippen LogP contribution in [0.5, 0.6) is 6.01 Å². The van der Waals surface area contributed by atoms with E-state index < -0.39 is 0 Å². The van der Waals surface area contributed by atoms with Gasteiger partial charge < -0.3 is 9.47 Å². The van der Waals surface area contributed by atoms with Crippen LogP contribution in [0.15, 0.2) is 24.7 Å². The first-order valence-electron chi connectivity index (χ1n) is 7.76. The molecule has 2 aromatic rings. The van der Waals surface area contributed by atoms with Gasteiger partial charge in [-0.2, -0.15) is 4.98 Å². The molecule has 4 heterocycles. The van der Waals surface area contributed by atoms with Crippen LogP contribution in [0, 0.1) is 0 Å². The van der Waals surface area contributed by atoms with Gasteiger partial charge in [-0.15, -0.1) is 0 Å². The molecule has 116 valence electrons. The molecular formula is C16H20N4O2. The van der Waals surface area contributed by atoms with E-state index in [0.717, 1.165) is 36.8 Å². The Hall–Kier alpha value is -1.79. The van der Waals surface area contributed by atoms with E-state index in [9.17, 15) is 0 Å². The summed E-state index contributed by atoms with van der Waals surface area (Å²) in [4.78, 5) is 15.3. The number of fused-ring (bicyclic) bond motifs is 2. The minimum Gasteiger partial charge on any atom is -0.461 e. The normalized spacial score (nSPS) is 28.1. The van der Waals surface area contributed by atoms with E-state index in [1.165, 1.54) is 6.42 Å². The fourth-order valence-corrected chi connectivity index (χ4v) is 3.75. The summed E-state index contributed by atoms with van der Waals surface area (Å²) in [6, 6.07) is 2.32. The third kappa shape index (κ3) is 2.32. The van der Waals surface area contributed by atoms with E-state index in [1.807, 2.05) is 6.07 Å². The molecule has 2 saturated heterocycles. The molecule has 2 aromatic heterocycles. The zero-order valence-electron chi connectivity index (χ0n) is 12.7. The molecule has 0 saturated carbocycles. The first kappa shape index (κ1) is 13.8. The van der Waals surface area contributed by atoms with Gasteiger partial charge in [0.15, 0.2) is 0 Å². The Kier molecular flexibility index (Phi) is 3.43. The van der Waals surface area contributed by atoms with Crippen LogP contribution >= 0.6 is 0 Å². The average molecular weight is 300 g/mol. The van der Waals surface area contributed by atoms with Gasteiger partial charge in [-0.25, -0.2) is 4.98 Å². The van der Waals surface area contributed by atoms with Gasteiger partial charge >= 0.3 is 6.01 Å². The predicted molar refractivity (Wildman–Crippen MR) is 81.8 cm³/mol. The molecule has 0 bridgehead atoms. The Morgan fingerprint density at radius 2 is 2.36 bits per heavy atom. The van der Waals surface area contributed by atoms with Crippen molar-refractivity contribution in [3.63, 3.8) is 0 Å². The number of ether oxygens (including phenoxy) is 2. The second-order valence-electron chi connectivity index (χ2n) is 6.21. The van der Waals surface area contributed by atoms with Crippen molar-refractivity contribution in [2.45, 2.75) is 30.9 Å². The van der Waals surface area contributed by atoms with E-state index in [-0.39, 0.29) is 5.54 Å². The Labute approximate surface area is 129 Å². The molecule has 0 amide bonds. The third-order valence-electron chi connectivity index (χ3n) is 4.93. The van der Waals surface area contributed by atoms with E-state index in [0.29, 0.717) is 18.7 Å². The number of rotatable bonds is 4.